The number of carbonyl (C=O) groups excluding carboxylic acids is 1. The number of carbonyl (C=O) groups is 1. The van der Waals surface area contributed by atoms with Crippen molar-refractivity contribution in [2.75, 3.05) is 43.5 Å². The summed E-state index contributed by atoms with van der Waals surface area (Å²) in [6, 6.07) is 11.2. The van der Waals surface area contributed by atoms with Gasteiger partial charge in [-0.15, -0.1) is 0 Å². The van der Waals surface area contributed by atoms with Crippen LogP contribution in [0.25, 0.3) is 22.2 Å². The van der Waals surface area contributed by atoms with Gasteiger partial charge in [0.25, 0.3) is 0 Å². The third-order valence-electron chi connectivity index (χ3n) is 6.02. The van der Waals surface area contributed by atoms with Crippen LogP contribution in [0.3, 0.4) is 0 Å². The average molecular weight is 490 g/mol. The van der Waals surface area contributed by atoms with Gasteiger partial charge in [0.05, 0.1) is 18.5 Å². The van der Waals surface area contributed by atoms with Crippen molar-refractivity contribution in [2.24, 2.45) is 0 Å². The first-order chi connectivity index (χ1) is 17.4. The van der Waals surface area contributed by atoms with Gasteiger partial charge in [-0.25, -0.2) is 19.2 Å². The maximum absolute atomic E-state index is 13.6. The van der Waals surface area contributed by atoms with Gasteiger partial charge in [-0.1, -0.05) is 0 Å². The quantitative estimate of drug-likeness (QED) is 0.309. The van der Waals surface area contributed by atoms with E-state index in [2.05, 4.69) is 20.6 Å². The molecular weight excluding hydrogens is 465 g/mol. The number of methoxy groups -OCH3 is 1. The lowest BCUT2D eigenvalue weighted by Crippen LogP contribution is -2.44. The molecule has 1 aliphatic rings. The summed E-state index contributed by atoms with van der Waals surface area (Å²) in [7, 11) is 1.47. The molecule has 4 aromatic rings. The van der Waals surface area contributed by atoms with Crippen molar-refractivity contribution in [1.29, 1.82) is 0 Å². The Morgan fingerprint density at radius 2 is 1.97 bits per heavy atom. The second-order valence-electron chi connectivity index (χ2n) is 8.35. The fourth-order valence-electron chi connectivity index (χ4n) is 4.36. The molecule has 2 aromatic heterocycles. The summed E-state index contributed by atoms with van der Waals surface area (Å²) in [6.07, 6.45) is 1.58. The van der Waals surface area contributed by atoms with E-state index in [-0.39, 0.29) is 11.3 Å². The second-order valence-corrected chi connectivity index (χ2v) is 8.35. The molecule has 9 nitrogen and oxygen atoms in total. The zero-order valence-corrected chi connectivity index (χ0v) is 19.8. The monoisotopic (exact) mass is 489 g/mol. The summed E-state index contributed by atoms with van der Waals surface area (Å²) in [5.41, 5.74) is 2.10. The number of benzene rings is 2. The molecule has 1 aliphatic heterocycles. The number of ether oxygens (including phenoxy) is 1. The van der Waals surface area contributed by atoms with Crippen molar-refractivity contribution in [2.45, 2.75) is 6.92 Å². The molecule has 0 aliphatic carbocycles. The van der Waals surface area contributed by atoms with Crippen molar-refractivity contribution >= 4 is 34.1 Å². The highest BCUT2D eigenvalue weighted by Crippen LogP contribution is 2.33. The van der Waals surface area contributed by atoms with E-state index >= 15 is 0 Å². The molecule has 0 atom stereocenters. The molecule has 184 valence electrons. The molecule has 0 bridgehead atoms. The van der Waals surface area contributed by atoms with E-state index in [0.29, 0.717) is 58.4 Å². The number of anilines is 3. The lowest BCUT2D eigenvalue weighted by molar-refractivity contribution is 0.101. The Morgan fingerprint density at radius 3 is 2.72 bits per heavy atom. The highest BCUT2D eigenvalue weighted by molar-refractivity contribution is 6.07. The van der Waals surface area contributed by atoms with Crippen molar-refractivity contribution in [3.63, 3.8) is 0 Å². The van der Waals surface area contributed by atoms with Crippen LogP contribution in [-0.4, -0.2) is 49.0 Å². The number of nitrogens with one attached hydrogen (secondary N) is 2. The maximum atomic E-state index is 13.6. The standard InChI is InChI=1S/C26H24FN5O4/c1-15(33)23-24(32-11-9-28-10-12-32)19-6-4-17(14-22(19)36-25(23)34)30-26-29-8-7-20(31-26)18-5-3-16(27)13-21(18)35-2/h3-8,13-14,28H,9-12H2,1-2H3,(H,29,30,31). The van der Waals surface area contributed by atoms with Crippen LogP contribution in [0, 0.1) is 5.82 Å². The fraction of sp³-hybridized carbons (Fsp3) is 0.231. The van der Waals surface area contributed by atoms with Gasteiger partial charge in [0.15, 0.2) is 5.78 Å². The Labute approximate surface area is 205 Å². The summed E-state index contributed by atoms with van der Waals surface area (Å²) >= 11 is 0. The number of ketones is 1. The van der Waals surface area contributed by atoms with Crippen molar-refractivity contribution < 1.29 is 18.3 Å². The highest BCUT2D eigenvalue weighted by atomic mass is 19.1. The van der Waals surface area contributed by atoms with Crippen LogP contribution >= 0.6 is 0 Å². The third-order valence-corrected chi connectivity index (χ3v) is 6.02. The number of nitrogens with zero attached hydrogens (tertiary/aromatic N) is 3. The van der Waals surface area contributed by atoms with Gasteiger partial charge < -0.3 is 24.7 Å². The fourth-order valence-corrected chi connectivity index (χ4v) is 4.36. The van der Waals surface area contributed by atoms with Gasteiger partial charge >= 0.3 is 5.63 Å². The first kappa shape index (κ1) is 23.4. The topological polar surface area (TPSA) is 110 Å². The summed E-state index contributed by atoms with van der Waals surface area (Å²) in [4.78, 5) is 36.0. The molecule has 36 heavy (non-hydrogen) atoms. The molecular formula is C26H24FN5O4. The number of rotatable bonds is 6. The second kappa shape index (κ2) is 9.74. The average Bonchev–Trinajstić information content (AvgIpc) is 2.88. The van der Waals surface area contributed by atoms with Gasteiger partial charge in [-0.05, 0) is 37.3 Å². The van der Waals surface area contributed by atoms with Gasteiger partial charge in [0.1, 0.15) is 22.7 Å². The van der Waals surface area contributed by atoms with Crippen LogP contribution in [0.4, 0.5) is 21.7 Å². The predicted octanol–water partition coefficient (Wildman–Crippen LogP) is 3.75. The molecule has 0 unspecified atom stereocenters. The molecule has 0 spiro atoms. The minimum atomic E-state index is -0.665. The van der Waals surface area contributed by atoms with E-state index in [4.69, 9.17) is 9.15 Å². The molecule has 0 saturated carbocycles. The third kappa shape index (κ3) is 4.50. The molecule has 2 aromatic carbocycles. The molecule has 5 rings (SSSR count). The normalized spacial score (nSPS) is 13.6. The van der Waals surface area contributed by atoms with Gasteiger partial charge in [-0.3, -0.25) is 4.79 Å². The minimum Gasteiger partial charge on any atom is -0.496 e. The van der Waals surface area contributed by atoms with Crippen LogP contribution in [0.1, 0.15) is 17.3 Å². The number of hydrogen-bond acceptors (Lipinski definition) is 9. The summed E-state index contributed by atoms with van der Waals surface area (Å²) in [5.74, 6) is -0.0892. The van der Waals surface area contributed by atoms with E-state index < -0.39 is 11.4 Å². The molecule has 10 heteroatoms. The number of piperazine rings is 1. The van der Waals surface area contributed by atoms with E-state index in [1.165, 1.54) is 26.2 Å². The lowest BCUT2D eigenvalue weighted by atomic mass is 10.1. The Morgan fingerprint density at radius 1 is 1.17 bits per heavy atom. The number of Topliss-reactive ketones (excluding diaryl/α,β-unsaturated/α-hetero) is 1. The van der Waals surface area contributed by atoms with Crippen LogP contribution < -0.4 is 25.9 Å². The van der Waals surface area contributed by atoms with E-state index in [9.17, 15) is 14.0 Å². The van der Waals surface area contributed by atoms with Crippen molar-refractivity contribution in [3.05, 3.63) is 70.5 Å². The summed E-state index contributed by atoms with van der Waals surface area (Å²) in [6.45, 7) is 4.23. The van der Waals surface area contributed by atoms with E-state index in [1.54, 1.807) is 24.4 Å². The zero-order chi connectivity index (χ0) is 25.2. The highest BCUT2D eigenvalue weighted by Gasteiger charge is 2.24. The Balaban J connectivity index is 1.52. The molecule has 1 fully saturated rings. The first-order valence-corrected chi connectivity index (χ1v) is 11.5. The molecule has 0 radical (unpaired) electrons. The van der Waals surface area contributed by atoms with Gasteiger partial charge in [0, 0.05) is 61.1 Å². The lowest BCUT2D eigenvalue weighted by Gasteiger charge is -2.31. The summed E-state index contributed by atoms with van der Waals surface area (Å²) in [5, 5.41) is 7.08. The predicted molar refractivity (Wildman–Crippen MR) is 135 cm³/mol. The Bertz CT molecular complexity index is 1510. The Kier molecular flexibility index (Phi) is 6.34. The molecule has 2 N–H and O–H groups in total. The molecule has 0 amide bonds. The van der Waals surface area contributed by atoms with Crippen LogP contribution in [0.15, 0.2) is 57.9 Å². The van der Waals surface area contributed by atoms with Crippen LogP contribution in [-0.2, 0) is 0 Å². The zero-order valence-electron chi connectivity index (χ0n) is 19.8. The number of halogens is 1. The molecule has 1 saturated heterocycles. The van der Waals surface area contributed by atoms with Gasteiger partial charge in [-0.2, -0.15) is 0 Å². The molecule has 3 heterocycles. The van der Waals surface area contributed by atoms with Gasteiger partial charge in [0.2, 0.25) is 5.95 Å². The smallest absolute Gasteiger partial charge is 0.349 e. The van der Waals surface area contributed by atoms with E-state index in [0.717, 1.165) is 13.1 Å². The van der Waals surface area contributed by atoms with E-state index in [1.807, 2.05) is 17.0 Å². The van der Waals surface area contributed by atoms with Crippen LogP contribution in [0.2, 0.25) is 0 Å². The maximum Gasteiger partial charge on any atom is 0.349 e. The largest absolute Gasteiger partial charge is 0.496 e. The number of aromatic nitrogens is 2. The summed E-state index contributed by atoms with van der Waals surface area (Å²) < 4.78 is 24.4. The minimum absolute atomic E-state index is 0.0642. The van der Waals surface area contributed by atoms with Crippen molar-refractivity contribution in [1.82, 2.24) is 15.3 Å². The number of hydrogen-bond donors (Lipinski definition) is 2. The SMILES string of the molecule is COc1cc(F)ccc1-c1ccnc(Nc2ccc3c(N4CCNCC4)c(C(C)=O)c(=O)oc3c2)n1. The number of fused-ring (bicyclic) bond motifs is 1. The first-order valence-electron chi connectivity index (χ1n) is 11.5. The van der Waals surface area contributed by atoms with Crippen LogP contribution in [0.5, 0.6) is 5.75 Å². The van der Waals surface area contributed by atoms with Crippen molar-refractivity contribution in [3.8, 4) is 17.0 Å². The Hall–Kier alpha value is -4.31.